The third kappa shape index (κ3) is 3.17. The van der Waals surface area contributed by atoms with Crippen LogP contribution in [0.3, 0.4) is 0 Å². The molecule has 1 aromatic rings. The predicted molar refractivity (Wildman–Crippen MR) is 87.0 cm³/mol. The molecule has 0 amide bonds. The van der Waals surface area contributed by atoms with Crippen LogP contribution < -0.4 is 19.5 Å². The summed E-state index contributed by atoms with van der Waals surface area (Å²) < 4.78 is 17.7. The Bertz CT molecular complexity index is 539. The van der Waals surface area contributed by atoms with E-state index in [1.807, 2.05) is 6.07 Å². The van der Waals surface area contributed by atoms with Gasteiger partial charge in [-0.05, 0) is 44.9 Å². The smallest absolute Gasteiger partial charge is 0.204 e. The van der Waals surface area contributed by atoms with Gasteiger partial charge < -0.3 is 19.5 Å². The second kappa shape index (κ2) is 5.99. The zero-order valence-corrected chi connectivity index (χ0v) is 14.1. The van der Waals surface area contributed by atoms with E-state index in [-0.39, 0.29) is 5.60 Å². The first-order valence-corrected chi connectivity index (χ1v) is 8.31. The average Bonchev–Trinajstić information content (AvgIpc) is 2.45. The average molecular weight is 305 g/mol. The lowest BCUT2D eigenvalue weighted by molar-refractivity contribution is 0.0563. The first kappa shape index (κ1) is 15.5. The molecule has 1 atom stereocenters. The summed E-state index contributed by atoms with van der Waals surface area (Å²) in [5, 5.41) is 3.70. The van der Waals surface area contributed by atoms with E-state index in [0.717, 1.165) is 30.2 Å². The van der Waals surface area contributed by atoms with E-state index in [4.69, 9.17) is 14.2 Å². The van der Waals surface area contributed by atoms with Crippen LogP contribution in [-0.4, -0.2) is 25.4 Å². The van der Waals surface area contributed by atoms with Crippen LogP contribution in [0.2, 0.25) is 0 Å². The number of hydrogen-bond acceptors (Lipinski definition) is 4. The summed E-state index contributed by atoms with van der Waals surface area (Å²) >= 11 is 0. The number of rotatable bonds is 4. The van der Waals surface area contributed by atoms with Gasteiger partial charge >= 0.3 is 0 Å². The van der Waals surface area contributed by atoms with Crippen molar-refractivity contribution in [3.8, 4) is 17.2 Å². The standard InChI is InChI=1S/C18H27NO3/c1-12(2)7-8-19-14-11-18(3,4)22-16-13(14)5-6-15-17(16)21-10-9-20-15/h5-6,12,14,19H,7-11H2,1-4H3. The molecule has 4 heteroatoms. The molecule has 3 rings (SSSR count). The summed E-state index contributed by atoms with van der Waals surface area (Å²) in [5.74, 6) is 3.13. The van der Waals surface area contributed by atoms with Gasteiger partial charge in [-0.2, -0.15) is 0 Å². The van der Waals surface area contributed by atoms with E-state index < -0.39 is 0 Å². The lowest BCUT2D eigenvalue weighted by Crippen LogP contribution is -2.40. The maximum atomic E-state index is 6.23. The molecule has 4 nitrogen and oxygen atoms in total. The molecule has 0 saturated carbocycles. The van der Waals surface area contributed by atoms with Crippen molar-refractivity contribution in [1.82, 2.24) is 5.32 Å². The number of benzene rings is 1. The third-order valence-corrected chi connectivity index (χ3v) is 4.26. The number of hydrogen-bond donors (Lipinski definition) is 1. The Morgan fingerprint density at radius 3 is 2.73 bits per heavy atom. The van der Waals surface area contributed by atoms with E-state index in [2.05, 4.69) is 39.1 Å². The second-order valence-corrected chi connectivity index (χ2v) is 7.26. The van der Waals surface area contributed by atoms with Gasteiger partial charge in [0.25, 0.3) is 0 Å². The fourth-order valence-corrected chi connectivity index (χ4v) is 3.13. The molecule has 122 valence electrons. The summed E-state index contributed by atoms with van der Waals surface area (Å²) in [6.45, 7) is 11.0. The fourth-order valence-electron chi connectivity index (χ4n) is 3.13. The van der Waals surface area contributed by atoms with Crippen molar-refractivity contribution in [3.05, 3.63) is 17.7 Å². The molecule has 0 aliphatic carbocycles. The number of fused-ring (bicyclic) bond motifs is 3. The molecule has 0 fully saturated rings. The van der Waals surface area contributed by atoms with Crippen LogP contribution in [0.4, 0.5) is 0 Å². The van der Waals surface area contributed by atoms with Gasteiger partial charge in [0.15, 0.2) is 11.5 Å². The molecule has 2 aliphatic heterocycles. The summed E-state index contributed by atoms with van der Waals surface area (Å²) in [4.78, 5) is 0. The molecule has 0 spiro atoms. The van der Waals surface area contributed by atoms with Gasteiger partial charge in [0.05, 0.1) is 0 Å². The first-order valence-electron chi connectivity index (χ1n) is 8.31. The minimum absolute atomic E-state index is 0.210. The molecule has 0 aromatic heterocycles. The van der Waals surface area contributed by atoms with Crippen molar-refractivity contribution in [3.63, 3.8) is 0 Å². The van der Waals surface area contributed by atoms with Crippen LogP contribution in [0.1, 0.15) is 52.1 Å². The summed E-state index contributed by atoms with van der Waals surface area (Å²) in [6, 6.07) is 4.42. The highest BCUT2D eigenvalue weighted by molar-refractivity contribution is 5.58. The minimum atomic E-state index is -0.210. The van der Waals surface area contributed by atoms with E-state index >= 15 is 0 Å². The Morgan fingerprint density at radius 2 is 1.95 bits per heavy atom. The topological polar surface area (TPSA) is 39.7 Å². The maximum Gasteiger partial charge on any atom is 0.204 e. The molecule has 22 heavy (non-hydrogen) atoms. The van der Waals surface area contributed by atoms with Crippen molar-refractivity contribution >= 4 is 0 Å². The highest BCUT2D eigenvalue weighted by Crippen LogP contribution is 2.49. The molecule has 1 N–H and O–H groups in total. The Hall–Kier alpha value is -1.42. The summed E-state index contributed by atoms with van der Waals surface area (Å²) in [6.07, 6.45) is 2.13. The van der Waals surface area contributed by atoms with E-state index in [1.54, 1.807) is 0 Å². The zero-order valence-electron chi connectivity index (χ0n) is 14.1. The van der Waals surface area contributed by atoms with E-state index in [1.165, 1.54) is 12.0 Å². The SMILES string of the molecule is CC(C)CCNC1CC(C)(C)Oc2c1ccc1c2OCCO1. The Morgan fingerprint density at radius 1 is 1.18 bits per heavy atom. The molecule has 0 bridgehead atoms. The zero-order chi connectivity index (χ0) is 15.7. The van der Waals surface area contributed by atoms with Crippen molar-refractivity contribution in [2.24, 2.45) is 5.92 Å². The van der Waals surface area contributed by atoms with Crippen LogP contribution in [0, 0.1) is 5.92 Å². The Labute approximate surface area is 133 Å². The van der Waals surface area contributed by atoms with Gasteiger partial charge in [-0.1, -0.05) is 13.8 Å². The summed E-state index contributed by atoms with van der Waals surface area (Å²) in [7, 11) is 0. The van der Waals surface area contributed by atoms with Gasteiger partial charge in [0, 0.05) is 18.0 Å². The summed E-state index contributed by atoms with van der Waals surface area (Å²) in [5.41, 5.74) is 0.977. The molecular formula is C18H27NO3. The molecule has 1 unspecified atom stereocenters. The van der Waals surface area contributed by atoms with Crippen molar-refractivity contribution < 1.29 is 14.2 Å². The molecule has 0 radical (unpaired) electrons. The molecule has 1 aromatic carbocycles. The van der Waals surface area contributed by atoms with Crippen LogP contribution in [0.15, 0.2) is 12.1 Å². The molecule has 2 heterocycles. The van der Waals surface area contributed by atoms with Crippen LogP contribution in [0.5, 0.6) is 17.2 Å². The van der Waals surface area contributed by atoms with Gasteiger partial charge in [0.2, 0.25) is 5.75 Å². The maximum absolute atomic E-state index is 6.23. The second-order valence-electron chi connectivity index (χ2n) is 7.26. The van der Waals surface area contributed by atoms with Crippen molar-refractivity contribution in [1.29, 1.82) is 0 Å². The van der Waals surface area contributed by atoms with Crippen molar-refractivity contribution in [2.45, 2.75) is 52.2 Å². The van der Waals surface area contributed by atoms with Gasteiger partial charge in [-0.3, -0.25) is 0 Å². The highest BCUT2D eigenvalue weighted by Gasteiger charge is 2.37. The fraction of sp³-hybridized carbons (Fsp3) is 0.667. The van der Waals surface area contributed by atoms with Gasteiger partial charge in [0.1, 0.15) is 18.8 Å². The number of nitrogens with one attached hydrogen (secondary N) is 1. The Balaban J connectivity index is 1.88. The van der Waals surface area contributed by atoms with E-state index in [9.17, 15) is 0 Å². The van der Waals surface area contributed by atoms with Gasteiger partial charge in [-0.15, -0.1) is 0 Å². The predicted octanol–water partition coefficient (Wildman–Crippen LogP) is 3.70. The minimum Gasteiger partial charge on any atom is -0.486 e. The van der Waals surface area contributed by atoms with Crippen molar-refractivity contribution in [2.75, 3.05) is 19.8 Å². The molecular weight excluding hydrogens is 278 g/mol. The van der Waals surface area contributed by atoms with E-state index in [0.29, 0.717) is 25.2 Å². The first-order chi connectivity index (χ1) is 10.5. The Kier molecular flexibility index (Phi) is 4.22. The van der Waals surface area contributed by atoms with Crippen LogP contribution in [0.25, 0.3) is 0 Å². The molecule has 2 aliphatic rings. The normalized spacial score (nSPS) is 22.1. The lowest BCUT2D eigenvalue weighted by atomic mass is 9.89. The van der Waals surface area contributed by atoms with Crippen LogP contribution >= 0.6 is 0 Å². The quantitative estimate of drug-likeness (QED) is 0.921. The third-order valence-electron chi connectivity index (χ3n) is 4.26. The highest BCUT2D eigenvalue weighted by atomic mass is 16.6. The van der Waals surface area contributed by atoms with Crippen LogP contribution in [-0.2, 0) is 0 Å². The van der Waals surface area contributed by atoms with Gasteiger partial charge in [-0.25, -0.2) is 0 Å². The molecule has 0 saturated heterocycles. The monoisotopic (exact) mass is 305 g/mol. The lowest BCUT2D eigenvalue weighted by Gasteiger charge is -2.39. The largest absolute Gasteiger partial charge is 0.486 e. The number of ether oxygens (including phenoxy) is 3.